The van der Waals surface area contributed by atoms with Crippen molar-refractivity contribution >= 4 is 17.2 Å². The van der Waals surface area contributed by atoms with E-state index in [2.05, 4.69) is 23.3 Å². The minimum atomic E-state index is 0.0137. The summed E-state index contributed by atoms with van der Waals surface area (Å²) < 4.78 is 0. The van der Waals surface area contributed by atoms with E-state index in [-0.39, 0.29) is 11.9 Å². The van der Waals surface area contributed by atoms with E-state index in [0.717, 1.165) is 30.1 Å². The van der Waals surface area contributed by atoms with Crippen molar-refractivity contribution in [3.8, 4) is 10.6 Å². The molecule has 0 bridgehead atoms. The first-order chi connectivity index (χ1) is 10.2. The third-order valence-electron chi connectivity index (χ3n) is 4.00. The van der Waals surface area contributed by atoms with Gasteiger partial charge in [0.25, 0.3) is 5.91 Å². The van der Waals surface area contributed by atoms with Crippen LogP contribution in [-0.2, 0) is 0 Å². The summed E-state index contributed by atoms with van der Waals surface area (Å²) >= 11 is 1.53. The number of nitrogens with zero attached hydrogens (tertiary/aromatic N) is 2. The van der Waals surface area contributed by atoms with Gasteiger partial charge in [-0.3, -0.25) is 4.79 Å². The molecule has 0 saturated carbocycles. The number of nitrogens with one attached hydrogen (secondary N) is 1. The molecule has 5 heteroatoms. The highest BCUT2D eigenvalue weighted by Crippen LogP contribution is 2.27. The van der Waals surface area contributed by atoms with Crippen molar-refractivity contribution in [3.05, 3.63) is 40.9 Å². The van der Waals surface area contributed by atoms with Crippen LogP contribution in [-0.4, -0.2) is 42.0 Å². The molecule has 1 aromatic heterocycles. The molecule has 4 nitrogen and oxygen atoms in total. The number of rotatable bonds is 3. The van der Waals surface area contributed by atoms with E-state index in [0.29, 0.717) is 5.69 Å². The predicted molar refractivity (Wildman–Crippen MR) is 85.7 cm³/mol. The highest BCUT2D eigenvalue weighted by molar-refractivity contribution is 7.13. The van der Waals surface area contributed by atoms with Gasteiger partial charge in [0.15, 0.2) is 0 Å². The molecule has 1 aliphatic heterocycles. The highest BCUT2D eigenvalue weighted by Gasteiger charge is 2.25. The van der Waals surface area contributed by atoms with Crippen LogP contribution in [0.1, 0.15) is 22.5 Å². The van der Waals surface area contributed by atoms with E-state index < -0.39 is 0 Å². The maximum Gasteiger partial charge on any atom is 0.273 e. The molecule has 21 heavy (non-hydrogen) atoms. The Kier molecular flexibility index (Phi) is 4.03. The van der Waals surface area contributed by atoms with Crippen LogP contribution < -0.4 is 5.32 Å². The second-order valence-corrected chi connectivity index (χ2v) is 6.27. The van der Waals surface area contributed by atoms with Crippen LogP contribution in [0.4, 0.5) is 0 Å². The fourth-order valence-corrected chi connectivity index (χ4v) is 3.51. The zero-order valence-electron chi connectivity index (χ0n) is 12.3. The minimum Gasteiger partial charge on any atom is -0.336 e. The molecule has 0 radical (unpaired) electrons. The van der Waals surface area contributed by atoms with Crippen LogP contribution in [0.5, 0.6) is 0 Å². The number of aryl methyl sites for hydroxylation is 1. The van der Waals surface area contributed by atoms with Crippen molar-refractivity contribution in [1.82, 2.24) is 15.2 Å². The fourth-order valence-electron chi connectivity index (χ4n) is 2.63. The molecule has 1 aromatic carbocycles. The molecule has 1 amide bonds. The van der Waals surface area contributed by atoms with Crippen molar-refractivity contribution in [1.29, 1.82) is 0 Å². The third kappa shape index (κ3) is 2.84. The first-order valence-electron chi connectivity index (χ1n) is 7.16. The maximum atomic E-state index is 12.5. The van der Waals surface area contributed by atoms with E-state index in [1.165, 1.54) is 16.9 Å². The van der Waals surface area contributed by atoms with Gasteiger partial charge in [-0.25, -0.2) is 4.98 Å². The average Bonchev–Trinajstić information content (AvgIpc) is 3.17. The Bertz CT molecular complexity index is 646. The number of carbonyl (C=O) groups is 1. The molecule has 0 spiro atoms. The number of carbonyl (C=O) groups excluding carboxylic acids is 1. The SMILES string of the molecule is Cc1ccccc1-c1nc(C(=O)N(C)C2CCNC2)cs1. The molecule has 1 aliphatic rings. The van der Waals surface area contributed by atoms with Gasteiger partial charge in [-0.1, -0.05) is 24.3 Å². The summed E-state index contributed by atoms with van der Waals surface area (Å²) in [5.41, 5.74) is 2.83. The van der Waals surface area contributed by atoms with Crippen molar-refractivity contribution in [2.45, 2.75) is 19.4 Å². The van der Waals surface area contributed by atoms with Crippen molar-refractivity contribution < 1.29 is 4.79 Å². The second-order valence-electron chi connectivity index (χ2n) is 5.42. The molecule has 2 heterocycles. The zero-order chi connectivity index (χ0) is 14.8. The van der Waals surface area contributed by atoms with E-state index in [4.69, 9.17) is 0 Å². The molecular weight excluding hydrogens is 282 g/mol. The summed E-state index contributed by atoms with van der Waals surface area (Å²) in [4.78, 5) is 18.9. The Morgan fingerprint density at radius 3 is 2.95 bits per heavy atom. The number of aromatic nitrogens is 1. The molecule has 110 valence electrons. The van der Waals surface area contributed by atoms with Gasteiger partial charge in [-0.15, -0.1) is 11.3 Å². The Labute approximate surface area is 128 Å². The van der Waals surface area contributed by atoms with Crippen LogP contribution >= 0.6 is 11.3 Å². The number of likely N-dealkylation sites (N-methyl/N-ethyl adjacent to an activating group) is 1. The van der Waals surface area contributed by atoms with E-state index in [1.807, 2.05) is 35.5 Å². The number of amides is 1. The molecular formula is C16H19N3OS. The number of hydrogen-bond donors (Lipinski definition) is 1. The third-order valence-corrected chi connectivity index (χ3v) is 4.88. The Morgan fingerprint density at radius 1 is 1.43 bits per heavy atom. The zero-order valence-corrected chi connectivity index (χ0v) is 13.1. The lowest BCUT2D eigenvalue weighted by Crippen LogP contribution is -2.38. The van der Waals surface area contributed by atoms with E-state index >= 15 is 0 Å². The van der Waals surface area contributed by atoms with Gasteiger partial charge >= 0.3 is 0 Å². The molecule has 3 rings (SSSR count). The van der Waals surface area contributed by atoms with Gasteiger partial charge in [0.2, 0.25) is 0 Å². The summed E-state index contributed by atoms with van der Waals surface area (Å²) in [5.74, 6) is 0.0137. The normalized spacial score (nSPS) is 17.9. The van der Waals surface area contributed by atoms with Gasteiger partial charge in [0, 0.05) is 30.6 Å². The van der Waals surface area contributed by atoms with Crippen LogP contribution in [0.25, 0.3) is 10.6 Å². The summed E-state index contributed by atoms with van der Waals surface area (Å²) in [6.45, 7) is 3.92. The van der Waals surface area contributed by atoms with Crippen molar-refractivity contribution in [2.24, 2.45) is 0 Å². The van der Waals surface area contributed by atoms with Crippen molar-refractivity contribution in [2.75, 3.05) is 20.1 Å². The van der Waals surface area contributed by atoms with Crippen LogP contribution in [0.2, 0.25) is 0 Å². The average molecular weight is 301 g/mol. The molecule has 1 unspecified atom stereocenters. The standard InChI is InChI=1S/C16H19N3OS/c1-11-5-3-4-6-13(11)15-18-14(10-21-15)16(20)19(2)12-7-8-17-9-12/h3-6,10,12,17H,7-9H2,1-2H3. The minimum absolute atomic E-state index is 0.0137. The number of hydrogen-bond acceptors (Lipinski definition) is 4. The van der Waals surface area contributed by atoms with Crippen molar-refractivity contribution in [3.63, 3.8) is 0 Å². The van der Waals surface area contributed by atoms with E-state index in [9.17, 15) is 4.79 Å². The maximum absolute atomic E-state index is 12.5. The smallest absolute Gasteiger partial charge is 0.273 e. The lowest BCUT2D eigenvalue weighted by atomic mass is 10.1. The molecule has 2 aromatic rings. The van der Waals surface area contributed by atoms with Crippen LogP contribution in [0.3, 0.4) is 0 Å². The molecule has 1 fully saturated rings. The first kappa shape index (κ1) is 14.2. The van der Waals surface area contributed by atoms with Gasteiger partial charge in [0.1, 0.15) is 10.7 Å². The molecule has 1 N–H and O–H groups in total. The van der Waals surface area contributed by atoms with Gasteiger partial charge in [-0.2, -0.15) is 0 Å². The van der Waals surface area contributed by atoms with Gasteiger partial charge in [-0.05, 0) is 25.5 Å². The Morgan fingerprint density at radius 2 is 2.24 bits per heavy atom. The lowest BCUT2D eigenvalue weighted by Gasteiger charge is -2.22. The quantitative estimate of drug-likeness (QED) is 0.947. The second kappa shape index (κ2) is 5.95. The van der Waals surface area contributed by atoms with Crippen LogP contribution in [0.15, 0.2) is 29.6 Å². The summed E-state index contributed by atoms with van der Waals surface area (Å²) in [6.07, 6.45) is 1.01. The first-order valence-corrected chi connectivity index (χ1v) is 8.04. The Hall–Kier alpha value is -1.72. The number of benzene rings is 1. The van der Waals surface area contributed by atoms with Gasteiger partial charge in [0.05, 0.1) is 0 Å². The molecule has 1 saturated heterocycles. The largest absolute Gasteiger partial charge is 0.336 e. The highest BCUT2D eigenvalue weighted by atomic mass is 32.1. The fraction of sp³-hybridized carbons (Fsp3) is 0.375. The van der Waals surface area contributed by atoms with Gasteiger partial charge < -0.3 is 10.2 Å². The topological polar surface area (TPSA) is 45.2 Å². The molecule has 0 aliphatic carbocycles. The number of thiazole rings is 1. The monoisotopic (exact) mass is 301 g/mol. The summed E-state index contributed by atoms with van der Waals surface area (Å²) in [7, 11) is 1.87. The van der Waals surface area contributed by atoms with Crippen LogP contribution in [0, 0.1) is 6.92 Å². The molecule has 1 atom stereocenters. The summed E-state index contributed by atoms with van der Waals surface area (Å²) in [6, 6.07) is 8.41. The predicted octanol–water partition coefficient (Wildman–Crippen LogP) is 2.55. The Balaban J connectivity index is 1.81. The van der Waals surface area contributed by atoms with E-state index in [1.54, 1.807) is 0 Å². The summed E-state index contributed by atoms with van der Waals surface area (Å²) in [5, 5.41) is 6.06. The lowest BCUT2D eigenvalue weighted by molar-refractivity contribution is 0.0739.